The van der Waals surface area contributed by atoms with E-state index in [9.17, 15) is 23.9 Å². The number of carbonyl (C=O) groups is 2. The van der Waals surface area contributed by atoms with Gasteiger partial charge in [-0.1, -0.05) is 38.1 Å². The minimum absolute atomic E-state index is 0.0353. The Morgan fingerprint density at radius 1 is 1.09 bits per heavy atom. The van der Waals surface area contributed by atoms with Crippen molar-refractivity contribution in [1.29, 1.82) is 0 Å². The van der Waals surface area contributed by atoms with Gasteiger partial charge in [-0.05, 0) is 79.0 Å². The van der Waals surface area contributed by atoms with Gasteiger partial charge in [-0.25, -0.2) is 13.2 Å². The summed E-state index contributed by atoms with van der Waals surface area (Å²) in [5.74, 6) is -4.44. The molecule has 236 valence electrons. The number of nitrogens with zero attached hydrogens (tertiary/aromatic N) is 2. The number of halogens is 3. The normalized spacial score (nSPS) is 16.7. The van der Waals surface area contributed by atoms with Crippen LogP contribution in [0.15, 0.2) is 53.5 Å². The van der Waals surface area contributed by atoms with Crippen LogP contribution in [-0.2, 0) is 16.0 Å². The van der Waals surface area contributed by atoms with Gasteiger partial charge in [0.05, 0.1) is 12.5 Å². The summed E-state index contributed by atoms with van der Waals surface area (Å²) in [7, 11) is 0. The number of pyridine rings is 1. The van der Waals surface area contributed by atoms with Gasteiger partial charge in [-0.15, -0.1) is 0 Å². The molecule has 2 aromatic carbocycles. The molecule has 0 radical (unpaired) electrons. The minimum atomic E-state index is -1.41. The maximum Gasteiger partial charge on any atom is 0.305 e. The molecule has 1 fully saturated rings. The summed E-state index contributed by atoms with van der Waals surface area (Å²) in [6, 6.07) is 8.58. The van der Waals surface area contributed by atoms with E-state index in [4.69, 9.17) is 0 Å². The number of aryl methyl sites for hydroxylation is 2. The van der Waals surface area contributed by atoms with Crippen molar-refractivity contribution in [3.8, 4) is 11.1 Å². The third-order valence-corrected chi connectivity index (χ3v) is 8.16. The third kappa shape index (κ3) is 7.96. The van der Waals surface area contributed by atoms with Gasteiger partial charge in [0.15, 0.2) is 11.6 Å². The summed E-state index contributed by atoms with van der Waals surface area (Å²) in [4.78, 5) is 40.8. The van der Waals surface area contributed by atoms with Crippen LogP contribution in [0, 0.1) is 31.4 Å². The summed E-state index contributed by atoms with van der Waals surface area (Å²) in [5, 5.41) is 12.3. The molecule has 0 bridgehead atoms. The van der Waals surface area contributed by atoms with Crippen LogP contribution in [0.4, 0.5) is 13.2 Å². The Balaban J connectivity index is 1.68. The Bertz CT molecular complexity index is 1550. The lowest BCUT2D eigenvalue weighted by Gasteiger charge is -2.26. The van der Waals surface area contributed by atoms with Crippen molar-refractivity contribution >= 4 is 11.9 Å². The lowest BCUT2D eigenvalue weighted by atomic mass is 9.92. The first-order valence-electron chi connectivity index (χ1n) is 15.0. The Kier molecular flexibility index (Phi) is 10.7. The van der Waals surface area contributed by atoms with Gasteiger partial charge >= 0.3 is 5.97 Å². The average molecular weight is 612 g/mol. The fraction of sp³-hybridized carbons (Fsp3) is 0.441. The van der Waals surface area contributed by atoms with E-state index < -0.39 is 53.7 Å². The summed E-state index contributed by atoms with van der Waals surface area (Å²) in [6.07, 6.45) is 1.33. The van der Waals surface area contributed by atoms with Crippen molar-refractivity contribution in [3.63, 3.8) is 0 Å². The van der Waals surface area contributed by atoms with Crippen LogP contribution in [0.3, 0.4) is 0 Å². The van der Waals surface area contributed by atoms with Crippen molar-refractivity contribution in [2.24, 2.45) is 5.92 Å². The Morgan fingerprint density at radius 2 is 1.80 bits per heavy atom. The molecular weight excluding hydrogens is 571 g/mol. The van der Waals surface area contributed by atoms with Gasteiger partial charge in [-0.3, -0.25) is 14.4 Å². The lowest BCUT2D eigenvalue weighted by Crippen LogP contribution is -2.40. The Morgan fingerprint density at radius 3 is 2.41 bits per heavy atom. The number of rotatable bonds is 12. The SMILES string of the molecule is Cc1cccc(C)c1-c1cc(F)c(F)c([C@H](CC(=O)O)NC(=O)C(CC(C)C)n2cc(CCN3CC[C@@H](F)C3)ccc2=O)c1. The van der Waals surface area contributed by atoms with Crippen LogP contribution >= 0.6 is 0 Å². The molecular formula is C34H40F3N3O4. The third-order valence-electron chi connectivity index (χ3n) is 8.16. The number of carboxylic acids is 1. The van der Waals surface area contributed by atoms with Crippen LogP contribution < -0.4 is 10.9 Å². The zero-order valence-electron chi connectivity index (χ0n) is 25.6. The smallest absolute Gasteiger partial charge is 0.305 e. The number of alkyl halides is 1. The minimum Gasteiger partial charge on any atom is -0.481 e. The van der Waals surface area contributed by atoms with E-state index in [1.807, 2.05) is 50.8 Å². The first kappa shape index (κ1) is 33.0. The molecule has 10 heteroatoms. The fourth-order valence-corrected chi connectivity index (χ4v) is 5.97. The van der Waals surface area contributed by atoms with Gasteiger partial charge in [0.2, 0.25) is 5.91 Å². The number of hydrogen-bond donors (Lipinski definition) is 2. The van der Waals surface area contributed by atoms with Crippen LogP contribution in [0.2, 0.25) is 0 Å². The van der Waals surface area contributed by atoms with Crippen LogP contribution in [0.5, 0.6) is 0 Å². The van der Waals surface area contributed by atoms with E-state index in [-0.39, 0.29) is 17.9 Å². The molecule has 1 aliphatic heterocycles. The molecule has 4 rings (SSSR count). The zero-order chi connectivity index (χ0) is 32.1. The number of likely N-dealkylation sites (tertiary alicyclic amines) is 1. The molecule has 0 saturated carbocycles. The van der Waals surface area contributed by atoms with Crippen LogP contribution in [0.25, 0.3) is 11.1 Å². The molecule has 2 N–H and O–H groups in total. The Labute approximate surface area is 255 Å². The highest BCUT2D eigenvalue weighted by Gasteiger charge is 2.30. The standard InChI is InChI=1S/C34H40F3N3O4/c1-20(2)14-29(40-18-23(8-9-30(40)41)10-12-39-13-11-25(35)19-39)34(44)38-28(17-31(42)43)26-15-24(16-27(36)33(26)37)32-21(3)6-5-7-22(32)4/h5-9,15-16,18,20,25,28-29H,10-14,17,19H2,1-4H3,(H,38,44)(H,42,43)/t25-,28+,29?/m1/s1. The second-order valence-corrected chi connectivity index (χ2v) is 12.2. The molecule has 3 atom stereocenters. The number of carboxylic acid groups (broad SMARTS) is 1. The van der Waals surface area contributed by atoms with E-state index in [1.54, 1.807) is 12.3 Å². The maximum absolute atomic E-state index is 15.3. The van der Waals surface area contributed by atoms with Gasteiger partial charge in [0, 0.05) is 37.5 Å². The highest BCUT2D eigenvalue weighted by atomic mass is 19.2. The highest BCUT2D eigenvalue weighted by molar-refractivity contribution is 5.82. The molecule has 0 aliphatic carbocycles. The van der Waals surface area contributed by atoms with Crippen molar-refractivity contribution in [2.75, 3.05) is 19.6 Å². The number of hydrogen-bond acceptors (Lipinski definition) is 4. The summed E-state index contributed by atoms with van der Waals surface area (Å²) < 4.78 is 45.3. The molecule has 1 amide bonds. The number of aliphatic carboxylic acids is 1. The number of amides is 1. The van der Waals surface area contributed by atoms with Crippen LogP contribution in [0.1, 0.15) is 67.4 Å². The first-order valence-corrected chi connectivity index (χ1v) is 15.0. The molecule has 1 aliphatic rings. The fourth-order valence-electron chi connectivity index (χ4n) is 5.97. The maximum atomic E-state index is 15.3. The molecule has 1 unspecified atom stereocenters. The number of nitrogens with one attached hydrogen (secondary N) is 1. The number of benzene rings is 2. The van der Waals surface area contributed by atoms with Crippen LogP contribution in [-0.4, -0.2) is 52.3 Å². The molecule has 2 heterocycles. The molecule has 1 saturated heterocycles. The van der Waals surface area contributed by atoms with Crippen molar-refractivity contribution in [2.45, 2.75) is 71.6 Å². The van der Waals surface area contributed by atoms with Gasteiger partial charge in [0.25, 0.3) is 5.56 Å². The molecule has 44 heavy (non-hydrogen) atoms. The topological polar surface area (TPSA) is 91.6 Å². The summed E-state index contributed by atoms with van der Waals surface area (Å²) in [6.45, 7) is 9.07. The zero-order valence-corrected chi connectivity index (χ0v) is 25.6. The lowest BCUT2D eigenvalue weighted by molar-refractivity contribution is -0.138. The first-order chi connectivity index (χ1) is 20.8. The van der Waals surface area contributed by atoms with Crippen molar-refractivity contribution in [1.82, 2.24) is 14.8 Å². The molecule has 0 spiro atoms. The second kappa shape index (κ2) is 14.2. The number of aromatic nitrogens is 1. The predicted octanol–water partition coefficient (Wildman–Crippen LogP) is 5.92. The molecule has 3 aromatic rings. The highest BCUT2D eigenvalue weighted by Crippen LogP contribution is 2.33. The molecule has 7 nitrogen and oxygen atoms in total. The van der Waals surface area contributed by atoms with Crippen molar-refractivity contribution < 1.29 is 27.9 Å². The van der Waals surface area contributed by atoms with E-state index in [1.165, 1.54) is 16.7 Å². The average Bonchev–Trinajstić information content (AvgIpc) is 3.37. The van der Waals surface area contributed by atoms with Gasteiger partial charge in [-0.2, -0.15) is 0 Å². The van der Waals surface area contributed by atoms with Gasteiger partial charge < -0.3 is 19.9 Å². The second-order valence-electron chi connectivity index (χ2n) is 12.2. The van der Waals surface area contributed by atoms with E-state index in [0.29, 0.717) is 43.6 Å². The van der Waals surface area contributed by atoms with Crippen molar-refractivity contribution in [3.05, 3.63) is 92.9 Å². The molecule has 1 aromatic heterocycles. The largest absolute Gasteiger partial charge is 0.481 e. The van der Waals surface area contributed by atoms with Gasteiger partial charge in [0.1, 0.15) is 12.2 Å². The summed E-state index contributed by atoms with van der Waals surface area (Å²) in [5.41, 5.74) is 2.76. The van der Waals surface area contributed by atoms with E-state index >= 15 is 8.78 Å². The quantitative estimate of drug-likeness (QED) is 0.266. The Hall–Kier alpha value is -3.92. The monoisotopic (exact) mass is 611 g/mol. The predicted molar refractivity (Wildman–Crippen MR) is 163 cm³/mol. The number of carbonyl (C=O) groups excluding carboxylic acids is 1. The summed E-state index contributed by atoms with van der Waals surface area (Å²) >= 11 is 0. The van der Waals surface area contributed by atoms with E-state index in [0.717, 1.165) is 22.8 Å². The van der Waals surface area contributed by atoms with E-state index in [2.05, 4.69) is 5.32 Å².